The summed E-state index contributed by atoms with van der Waals surface area (Å²) < 4.78 is 27.5. The van der Waals surface area contributed by atoms with Crippen LogP contribution in [0, 0.1) is 13.1 Å². The second-order valence-electron chi connectivity index (χ2n) is 20.5. The van der Waals surface area contributed by atoms with E-state index in [1.54, 1.807) is 55.2 Å². The fourth-order valence-corrected chi connectivity index (χ4v) is 10.3. The minimum Gasteiger partial charge on any atom is -0.415 e. The van der Waals surface area contributed by atoms with Crippen LogP contribution in [-0.4, -0.2) is 92.6 Å². The average Bonchev–Trinajstić information content (AvgIpc) is 4.20. The van der Waals surface area contributed by atoms with E-state index in [0.717, 1.165) is 107 Å². The number of rotatable bonds is 14. The lowest BCUT2D eigenvalue weighted by atomic mass is 10.1. The number of halogens is 1. The van der Waals surface area contributed by atoms with Crippen molar-refractivity contribution < 1.29 is 28.5 Å². The van der Waals surface area contributed by atoms with Crippen molar-refractivity contribution in [1.29, 1.82) is 0 Å². The van der Waals surface area contributed by atoms with Crippen molar-refractivity contribution >= 4 is 84.3 Å². The minimum absolute atomic E-state index is 0.429. The highest BCUT2D eigenvalue weighted by Gasteiger charge is 2.29. The molecule has 75 heavy (non-hydrogen) atoms. The number of anilines is 2. The summed E-state index contributed by atoms with van der Waals surface area (Å²) in [5.41, 5.74) is 6.00. The van der Waals surface area contributed by atoms with Gasteiger partial charge in [0.15, 0.2) is 0 Å². The second-order valence-corrected chi connectivity index (χ2v) is 32.0. The van der Waals surface area contributed by atoms with Gasteiger partial charge in [-0.2, -0.15) is 0 Å². The Balaban J connectivity index is 0.000000172. The molecule has 2 aliphatic rings. The summed E-state index contributed by atoms with van der Waals surface area (Å²) >= 11 is 4.95. The Labute approximate surface area is 443 Å². The van der Waals surface area contributed by atoms with Crippen LogP contribution in [0.15, 0.2) is 110 Å². The van der Waals surface area contributed by atoms with Gasteiger partial charge in [-0.15, -0.1) is 0 Å². The molecular weight excluding hydrogens is 1000 g/mol. The van der Waals surface area contributed by atoms with Crippen LogP contribution in [0.3, 0.4) is 0 Å². The summed E-state index contributed by atoms with van der Waals surface area (Å²) in [6, 6.07) is 23.9. The molecule has 0 fully saturated rings. The van der Waals surface area contributed by atoms with Gasteiger partial charge >= 0.3 is 11.5 Å². The maximum atomic E-state index is 13.0. The predicted octanol–water partition coefficient (Wildman–Crippen LogP) is 12.3. The molecule has 0 amide bonds. The maximum Gasteiger partial charge on any atom is 0.422 e. The molecular formula is C54H61ClN12O6Si2. The van der Waals surface area contributed by atoms with Crippen LogP contribution in [0.2, 0.25) is 51.4 Å². The van der Waals surface area contributed by atoms with Crippen LogP contribution >= 0.6 is 11.6 Å². The fourth-order valence-electron chi connectivity index (χ4n) is 8.66. The molecule has 10 rings (SSSR count). The minimum atomic E-state index is -1.15. The van der Waals surface area contributed by atoms with E-state index in [2.05, 4.69) is 94.5 Å². The Morgan fingerprint density at radius 3 is 1.68 bits per heavy atom. The third-order valence-corrected chi connectivity index (χ3v) is 16.1. The van der Waals surface area contributed by atoms with Crippen molar-refractivity contribution in [3.63, 3.8) is 0 Å². The number of fused-ring (bicyclic) bond motifs is 4. The lowest BCUT2D eigenvalue weighted by Crippen LogP contribution is -2.33. The molecule has 0 aliphatic carbocycles. The number of ether oxygens (including phenoxy) is 4. The quantitative estimate of drug-likeness (QED) is 0.0474. The molecule has 388 valence electrons. The monoisotopic (exact) mass is 1060 g/mol. The summed E-state index contributed by atoms with van der Waals surface area (Å²) in [7, 11) is -2.23. The zero-order valence-electron chi connectivity index (χ0n) is 43.1. The molecule has 8 heterocycles. The Kier molecular flexibility index (Phi) is 17.3. The molecule has 2 aromatic carbocycles. The second kappa shape index (κ2) is 24.2. The van der Waals surface area contributed by atoms with E-state index in [0.29, 0.717) is 50.2 Å². The number of hydrogen-bond acceptors (Lipinski definition) is 12. The van der Waals surface area contributed by atoms with Crippen LogP contribution in [-0.2, 0) is 48.9 Å². The van der Waals surface area contributed by atoms with E-state index in [1.165, 1.54) is 4.57 Å². The number of carbonyl (C=O) groups is 2. The number of carbonyl (C=O) groups excluding carboxylic acids is 2. The molecule has 0 saturated heterocycles. The van der Waals surface area contributed by atoms with Gasteiger partial charge in [0.05, 0.1) is 37.0 Å². The Bertz CT molecular complexity index is 3330. The number of hydrogen-bond donors (Lipinski definition) is 1. The van der Waals surface area contributed by atoms with E-state index >= 15 is 0 Å². The summed E-state index contributed by atoms with van der Waals surface area (Å²) in [5.74, 6) is 2.65. The van der Waals surface area contributed by atoms with Gasteiger partial charge in [0.25, 0.3) is 0 Å². The first-order valence-corrected chi connectivity index (χ1v) is 32.5. The number of nitrogens with zero attached hydrogens (tertiary/aromatic N) is 11. The van der Waals surface area contributed by atoms with Gasteiger partial charge < -0.3 is 42.9 Å². The van der Waals surface area contributed by atoms with Crippen LogP contribution in [0.5, 0.6) is 11.5 Å². The standard InChI is InChI=1S/C27H30N6O3Si.C20H26N6OSi.C7H5ClO2/c1-28-23-16-33(27(34)36-20-8-6-5-7-9-20)24-17-31(12-10-21(23)24)25-22-11-13-32(26(22)30-18-29-25)19-35-14-15-37(2,3)4;1-21-17-11-22-18-12-25(7-5-15(17)18)19-16-6-8-26(20(16)24-13-23-19)14-27-9-10-28(2,3)4;8-7(9)10-6-4-2-1-3-5-6/h5-9,11,13,16,18H,10,12,14-15,17,19H2,2-4H3;6,8,11,13,22H,5,7,9-10,12,14H2,2-4H3;1-5H. The van der Waals surface area contributed by atoms with Gasteiger partial charge in [-0.25, -0.2) is 39.2 Å². The van der Waals surface area contributed by atoms with Gasteiger partial charge in [0, 0.05) is 90.2 Å². The van der Waals surface area contributed by atoms with Crippen molar-refractivity contribution in [2.75, 3.05) is 36.1 Å². The normalized spacial score (nSPS) is 13.1. The lowest BCUT2D eigenvalue weighted by Gasteiger charge is -2.29. The molecule has 1 N–H and O–H groups in total. The van der Waals surface area contributed by atoms with Gasteiger partial charge in [0.2, 0.25) is 11.4 Å². The van der Waals surface area contributed by atoms with Crippen molar-refractivity contribution in [2.45, 2.75) is 90.8 Å². The smallest absolute Gasteiger partial charge is 0.415 e. The largest absolute Gasteiger partial charge is 0.422 e. The van der Waals surface area contributed by atoms with Gasteiger partial charge in [-0.1, -0.05) is 75.7 Å². The fraction of sp³-hybridized carbons (Fsp3) is 0.333. The first-order chi connectivity index (χ1) is 36.1. The van der Waals surface area contributed by atoms with E-state index in [1.807, 2.05) is 58.1 Å². The molecule has 0 bridgehead atoms. The summed E-state index contributed by atoms with van der Waals surface area (Å²) in [6.07, 6.45) is 11.5. The van der Waals surface area contributed by atoms with Crippen molar-refractivity contribution in [1.82, 2.24) is 38.6 Å². The highest BCUT2D eigenvalue weighted by molar-refractivity contribution is 6.76. The third kappa shape index (κ3) is 13.8. The zero-order chi connectivity index (χ0) is 53.1. The molecule has 18 nitrogen and oxygen atoms in total. The lowest BCUT2D eigenvalue weighted by molar-refractivity contribution is 0.0898. The van der Waals surface area contributed by atoms with Crippen molar-refractivity contribution in [2.24, 2.45) is 0 Å². The Morgan fingerprint density at radius 1 is 0.667 bits per heavy atom. The number of para-hydroxylation sites is 2. The summed E-state index contributed by atoms with van der Waals surface area (Å²) in [4.78, 5) is 56.3. The van der Waals surface area contributed by atoms with Gasteiger partial charge in [-0.3, -0.25) is 4.57 Å². The first-order valence-electron chi connectivity index (χ1n) is 24.7. The van der Waals surface area contributed by atoms with Crippen molar-refractivity contribution in [3.05, 3.63) is 156 Å². The zero-order valence-corrected chi connectivity index (χ0v) is 45.9. The molecule has 0 saturated carbocycles. The summed E-state index contributed by atoms with van der Waals surface area (Å²) in [5, 5.41) is 1.96. The van der Waals surface area contributed by atoms with Crippen molar-refractivity contribution in [3.8, 4) is 11.5 Å². The molecule has 0 atom stereocenters. The average molecular weight is 1070 g/mol. The van der Waals surface area contributed by atoms with Crippen LogP contribution in [0.4, 0.5) is 32.6 Å². The van der Waals surface area contributed by atoms with E-state index in [9.17, 15) is 9.59 Å². The van der Waals surface area contributed by atoms with Gasteiger partial charge in [-0.05, 0) is 72.5 Å². The Hall–Kier alpha value is -7.60. The SMILES string of the molecule is O=C(Cl)Oc1ccccc1.[C-]#[N+]c1c[nH]c2c1CCN(c1ncnc3c1ccn3COCC[Si](C)(C)C)C2.[C-]#[N+]c1cn(C(=O)Oc2ccccc2)c2c1CCN(c1ncnc3c1ccn3COCC[Si](C)(C)C)C2. The van der Waals surface area contributed by atoms with Gasteiger partial charge in [0.1, 0.15) is 60.5 Å². The molecule has 8 aromatic rings. The Morgan fingerprint density at radius 2 is 1.17 bits per heavy atom. The summed E-state index contributed by atoms with van der Waals surface area (Å²) in [6.45, 7) is 34.1. The van der Waals surface area contributed by atoms with Crippen LogP contribution in [0.1, 0.15) is 22.5 Å². The van der Waals surface area contributed by atoms with E-state index in [-0.39, 0.29) is 0 Å². The molecule has 0 spiro atoms. The molecule has 2 aliphatic heterocycles. The number of aromatic amines is 1. The molecule has 0 radical (unpaired) electrons. The molecule has 0 unspecified atom stereocenters. The molecule has 6 aromatic heterocycles. The topological polar surface area (TPSA) is 168 Å². The number of nitrogens with one attached hydrogen (secondary N) is 1. The highest BCUT2D eigenvalue weighted by atomic mass is 35.5. The number of aromatic nitrogens is 8. The van der Waals surface area contributed by atoms with E-state index < -0.39 is 27.7 Å². The predicted molar refractivity (Wildman–Crippen MR) is 297 cm³/mol. The third-order valence-electron chi connectivity index (χ3n) is 12.7. The number of benzene rings is 2. The number of H-pyrrole nitrogens is 1. The molecule has 21 heteroatoms. The highest BCUT2D eigenvalue weighted by Crippen LogP contribution is 2.36. The van der Waals surface area contributed by atoms with Crippen LogP contribution < -0.4 is 19.3 Å². The van der Waals surface area contributed by atoms with E-state index in [4.69, 9.17) is 39.0 Å². The first kappa shape index (κ1) is 53.7. The maximum absolute atomic E-state index is 13.0. The van der Waals surface area contributed by atoms with Crippen LogP contribution in [0.25, 0.3) is 31.8 Å².